The van der Waals surface area contributed by atoms with Crippen LogP contribution in [0.5, 0.6) is 0 Å². The lowest BCUT2D eigenvalue weighted by Crippen LogP contribution is -2.24. The largest absolute Gasteiger partial charge is 0.459 e. The van der Waals surface area contributed by atoms with Crippen LogP contribution in [0.1, 0.15) is 30.1 Å². The summed E-state index contributed by atoms with van der Waals surface area (Å²) < 4.78 is 5.39. The van der Waals surface area contributed by atoms with Crippen LogP contribution in [0.15, 0.2) is 24.3 Å². The van der Waals surface area contributed by atoms with Gasteiger partial charge in [-0.25, -0.2) is 4.79 Å². The molecular formula is C14H18N2O3. The van der Waals surface area contributed by atoms with Crippen LogP contribution >= 0.6 is 0 Å². The van der Waals surface area contributed by atoms with Crippen LogP contribution in [-0.4, -0.2) is 24.5 Å². The first-order valence-electron chi connectivity index (χ1n) is 6.41. The van der Waals surface area contributed by atoms with Crippen molar-refractivity contribution in [2.75, 3.05) is 11.9 Å². The number of hydrogen-bond acceptors (Lipinski definition) is 4. The molecule has 0 aromatic heterocycles. The number of amides is 1. The first-order chi connectivity index (χ1) is 9.11. The summed E-state index contributed by atoms with van der Waals surface area (Å²) in [5, 5.41) is 2.59. The Kier molecular flexibility index (Phi) is 4.16. The second-order valence-corrected chi connectivity index (χ2v) is 4.75. The van der Waals surface area contributed by atoms with Crippen molar-refractivity contribution >= 4 is 17.6 Å². The maximum Gasteiger partial charge on any atom is 0.340 e. The first-order valence-corrected chi connectivity index (χ1v) is 6.41. The zero-order valence-corrected chi connectivity index (χ0v) is 10.9. The highest BCUT2D eigenvalue weighted by atomic mass is 16.5. The molecule has 102 valence electrons. The standard InChI is InChI=1S/C14H18N2O3/c1-9(10-6-7-10)19-14(18)11-4-2-3-5-12(11)16-13(17)8-15/h2-5,9-10H,6-8,15H2,1H3,(H,16,17). The normalized spacial score (nSPS) is 15.7. The van der Waals surface area contributed by atoms with E-state index in [-0.39, 0.29) is 18.6 Å². The second kappa shape index (κ2) is 5.84. The van der Waals surface area contributed by atoms with Gasteiger partial charge in [0.15, 0.2) is 0 Å². The van der Waals surface area contributed by atoms with Crippen molar-refractivity contribution in [3.05, 3.63) is 29.8 Å². The molecule has 1 atom stereocenters. The van der Waals surface area contributed by atoms with Crippen molar-refractivity contribution in [2.24, 2.45) is 11.7 Å². The number of carbonyl (C=O) groups excluding carboxylic acids is 2. The highest BCUT2D eigenvalue weighted by molar-refractivity contribution is 6.01. The fraction of sp³-hybridized carbons (Fsp3) is 0.429. The molecule has 0 radical (unpaired) electrons. The number of ether oxygens (including phenoxy) is 1. The molecule has 1 saturated carbocycles. The molecule has 1 aliphatic rings. The van der Waals surface area contributed by atoms with E-state index in [9.17, 15) is 9.59 Å². The summed E-state index contributed by atoms with van der Waals surface area (Å²) in [6.45, 7) is 1.78. The van der Waals surface area contributed by atoms with E-state index in [4.69, 9.17) is 10.5 Å². The molecule has 0 heterocycles. The van der Waals surface area contributed by atoms with Gasteiger partial charge in [0.2, 0.25) is 5.91 Å². The van der Waals surface area contributed by atoms with Gasteiger partial charge in [-0.1, -0.05) is 12.1 Å². The highest BCUT2D eigenvalue weighted by Crippen LogP contribution is 2.34. The lowest BCUT2D eigenvalue weighted by Gasteiger charge is -2.14. The van der Waals surface area contributed by atoms with Crippen LogP contribution in [-0.2, 0) is 9.53 Å². The minimum absolute atomic E-state index is 0.0780. The van der Waals surface area contributed by atoms with E-state index in [1.54, 1.807) is 24.3 Å². The maximum atomic E-state index is 12.1. The third-order valence-corrected chi connectivity index (χ3v) is 3.19. The molecule has 2 rings (SSSR count). The Hall–Kier alpha value is -1.88. The Morgan fingerprint density at radius 3 is 2.74 bits per heavy atom. The fourth-order valence-corrected chi connectivity index (χ4v) is 1.87. The summed E-state index contributed by atoms with van der Waals surface area (Å²) in [5.74, 6) is -0.266. The van der Waals surface area contributed by atoms with E-state index < -0.39 is 5.97 Å². The molecule has 19 heavy (non-hydrogen) atoms. The van der Waals surface area contributed by atoms with E-state index in [0.717, 1.165) is 12.8 Å². The molecule has 1 amide bonds. The molecule has 5 heteroatoms. The van der Waals surface area contributed by atoms with E-state index in [1.165, 1.54) is 0 Å². The number of nitrogens with two attached hydrogens (primary N) is 1. The lowest BCUT2D eigenvalue weighted by atomic mass is 10.1. The van der Waals surface area contributed by atoms with Crippen LogP contribution in [0.2, 0.25) is 0 Å². The smallest absolute Gasteiger partial charge is 0.340 e. The molecule has 1 unspecified atom stereocenters. The van der Waals surface area contributed by atoms with Crippen molar-refractivity contribution in [3.63, 3.8) is 0 Å². The number of nitrogens with one attached hydrogen (secondary N) is 1. The quantitative estimate of drug-likeness (QED) is 0.789. The summed E-state index contributed by atoms with van der Waals surface area (Å²) in [6.07, 6.45) is 2.14. The highest BCUT2D eigenvalue weighted by Gasteiger charge is 2.31. The van der Waals surface area contributed by atoms with Crippen LogP contribution in [0.4, 0.5) is 5.69 Å². The Bertz CT molecular complexity index is 483. The summed E-state index contributed by atoms with van der Waals surface area (Å²) in [7, 11) is 0. The second-order valence-electron chi connectivity index (χ2n) is 4.75. The maximum absolute atomic E-state index is 12.1. The van der Waals surface area contributed by atoms with Gasteiger partial charge in [-0.05, 0) is 37.8 Å². The van der Waals surface area contributed by atoms with Gasteiger partial charge in [-0.2, -0.15) is 0 Å². The fourth-order valence-electron chi connectivity index (χ4n) is 1.87. The van der Waals surface area contributed by atoms with Gasteiger partial charge in [0.05, 0.1) is 17.8 Å². The van der Waals surface area contributed by atoms with Gasteiger partial charge in [-0.15, -0.1) is 0 Å². The average molecular weight is 262 g/mol. The molecule has 0 spiro atoms. The third kappa shape index (κ3) is 3.54. The van der Waals surface area contributed by atoms with Crippen molar-refractivity contribution in [1.29, 1.82) is 0 Å². The van der Waals surface area contributed by atoms with E-state index >= 15 is 0 Å². The van der Waals surface area contributed by atoms with Crippen LogP contribution in [0.25, 0.3) is 0 Å². The number of para-hydroxylation sites is 1. The molecule has 0 aliphatic heterocycles. The van der Waals surface area contributed by atoms with Gasteiger partial charge in [-0.3, -0.25) is 4.79 Å². The number of benzene rings is 1. The Morgan fingerprint density at radius 2 is 2.11 bits per heavy atom. The molecule has 0 saturated heterocycles. The molecule has 1 aliphatic carbocycles. The molecular weight excluding hydrogens is 244 g/mol. The van der Waals surface area contributed by atoms with Crippen molar-refractivity contribution in [3.8, 4) is 0 Å². The van der Waals surface area contributed by atoms with Gasteiger partial charge in [0.25, 0.3) is 0 Å². The van der Waals surface area contributed by atoms with Gasteiger partial charge >= 0.3 is 5.97 Å². The van der Waals surface area contributed by atoms with Crippen molar-refractivity contribution in [2.45, 2.75) is 25.9 Å². The van der Waals surface area contributed by atoms with E-state index in [1.807, 2.05) is 6.92 Å². The Labute approximate surface area is 112 Å². The summed E-state index contributed by atoms with van der Waals surface area (Å²) >= 11 is 0. The van der Waals surface area contributed by atoms with Gasteiger partial charge in [0, 0.05) is 0 Å². The zero-order chi connectivity index (χ0) is 13.8. The van der Waals surface area contributed by atoms with Crippen LogP contribution < -0.4 is 11.1 Å². The Morgan fingerprint density at radius 1 is 1.42 bits per heavy atom. The Balaban J connectivity index is 2.09. The molecule has 5 nitrogen and oxygen atoms in total. The molecule has 1 aromatic carbocycles. The molecule has 3 N–H and O–H groups in total. The number of rotatable bonds is 5. The van der Waals surface area contributed by atoms with Gasteiger partial charge in [0.1, 0.15) is 6.10 Å². The predicted molar refractivity (Wildman–Crippen MR) is 71.7 cm³/mol. The molecule has 1 fully saturated rings. The zero-order valence-electron chi connectivity index (χ0n) is 10.9. The third-order valence-electron chi connectivity index (χ3n) is 3.19. The summed E-state index contributed by atoms with van der Waals surface area (Å²) in [4.78, 5) is 23.4. The van der Waals surface area contributed by atoms with Crippen LogP contribution in [0.3, 0.4) is 0 Å². The lowest BCUT2D eigenvalue weighted by molar-refractivity contribution is -0.114. The predicted octanol–water partition coefficient (Wildman–Crippen LogP) is 1.54. The van der Waals surface area contributed by atoms with Gasteiger partial charge < -0.3 is 15.8 Å². The number of hydrogen-bond donors (Lipinski definition) is 2. The minimum Gasteiger partial charge on any atom is -0.459 e. The minimum atomic E-state index is -0.410. The van der Waals surface area contributed by atoms with Crippen molar-refractivity contribution in [1.82, 2.24) is 0 Å². The van der Waals surface area contributed by atoms with E-state index in [2.05, 4.69) is 5.32 Å². The number of carbonyl (C=O) groups is 2. The number of anilines is 1. The molecule has 0 bridgehead atoms. The summed E-state index contributed by atoms with van der Waals surface area (Å²) in [5.41, 5.74) is 6.04. The van der Waals surface area contributed by atoms with E-state index in [0.29, 0.717) is 17.2 Å². The first kappa shape index (κ1) is 13.5. The monoisotopic (exact) mass is 262 g/mol. The average Bonchev–Trinajstić information content (AvgIpc) is 3.23. The SMILES string of the molecule is CC(OC(=O)c1ccccc1NC(=O)CN)C1CC1. The number of esters is 1. The van der Waals surface area contributed by atoms with Crippen molar-refractivity contribution < 1.29 is 14.3 Å². The molecule has 1 aromatic rings. The summed E-state index contributed by atoms with van der Waals surface area (Å²) in [6, 6.07) is 6.77. The van der Waals surface area contributed by atoms with Crippen LogP contribution in [0, 0.1) is 5.92 Å². The topological polar surface area (TPSA) is 81.4 Å².